The molecule has 0 spiro atoms. The average molecular weight is 463 g/mol. The predicted molar refractivity (Wildman–Crippen MR) is 122 cm³/mol. The van der Waals surface area contributed by atoms with Gasteiger partial charge in [-0.15, -0.1) is 11.3 Å². The molecule has 0 saturated heterocycles. The summed E-state index contributed by atoms with van der Waals surface area (Å²) in [5, 5.41) is 16.7. The van der Waals surface area contributed by atoms with Gasteiger partial charge in [0.05, 0.1) is 0 Å². The van der Waals surface area contributed by atoms with Gasteiger partial charge in [-0.2, -0.15) is 0 Å². The van der Waals surface area contributed by atoms with Crippen molar-refractivity contribution in [3.63, 3.8) is 0 Å². The van der Waals surface area contributed by atoms with Crippen molar-refractivity contribution in [3.05, 3.63) is 75.8 Å². The first-order valence-electron chi connectivity index (χ1n) is 9.70. The van der Waals surface area contributed by atoms with E-state index in [-0.39, 0.29) is 16.8 Å². The summed E-state index contributed by atoms with van der Waals surface area (Å²) in [6, 6.07) is 7.16. The molecule has 166 valence electrons. The third kappa shape index (κ3) is 4.62. The molecular weight excluding hydrogens is 446 g/mol. The van der Waals surface area contributed by atoms with Crippen molar-refractivity contribution >= 4 is 45.7 Å². The molecule has 0 fully saturated rings. The van der Waals surface area contributed by atoms with Crippen molar-refractivity contribution < 1.29 is 19.5 Å². The number of benzene rings is 1. The van der Waals surface area contributed by atoms with Gasteiger partial charge in [-0.3, -0.25) is 19.4 Å². The minimum absolute atomic E-state index is 0.121. The summed E-state index contributed by atoms with van der Waals surface area (Å²) in [7, 11) is 0. The van der Waals surface area contributed by atoms with E-state index in [1.165, 1.54) is 24.3 Å². The third-order valence-corrected chi connectivity index (χ3v) is 5.68. The number of anilines is 1. The Hall–Kier alpha value is -4.38. The molecule has 0 unspecified atom stereocenters. The number of aromatic amines is 1. The minimum Gasteiger partial charge on any atom is -0.477 e. The van der Waals surface area contributed by atoms with Gasteiger partial charge < -0.3 is 20.7 Å². The molecule has 4 rings (SSSR count). The zero-order valence-electron chi connectivity index (χ0n) is 17.2. The number of pyridine rings is 2. The zero-order chi connectivity index (χ0) is 23.5. The van der Waals surface area contributed by atoms with Gasteiger partial charge in [0, 0.05) is 46.1 Å². The summed E-state index contributed by atoms with van der Waals surface area (Å²) >= 11 is 1.30. The fourth-order valence-electron chi connectivity index (χ4n) is 3.05. The minimum atomic E-state index is -1.35. The molecule has 1 atom stereocenters. The summed E-state index contributed by atoms with van der Waals surface area (Å²) in [5.41, 5.74) is 0.665. The van der Waals surface area contributed by atoms with E-state index < -0.39 is 34.8 Å². The molecule has 0 aliphatic rings. The van der Waals surface area contributed by atoms with Crippen LogP contribution in [0.3, 0.4) is 0 Å². The second kappa shape index (κ2) is 9.01. The number of nitrogens with zero attached hydrogens (tertiary/aromatic N) is 2. The Morgan fingerprint density at radius 1 is 1.15 bits per heavy atom. The fourth-order valence-corrected chi connectivity index (χ4v) is 3.85. The highest BCUT2D eigenvalue weighted by molar-refractivity contribution is 7.13. The number of carboxylic acid groups (broad SMARTS) is 1. The SMILES string of the molecule is C[C@H](NC(=O)c1csc(-c2ccncc2)n1)C(=O)Nc1ccc2[nH]cc(C(=O)O)c(=O)c2c1. The van der Waals surface area contributed by atoms with Crippen LogP contribution in [0.1, 0.15) is 27.8 Å². The lowest BCUT2D eigenvalue weighted by molar-refractivity contribution is -0.117. The van der Waals surface area contributed by atoms with Gasteiger partial charge in [0.2, 0.25) is 11.3 Å². The molecule has 0 saturated carbocycles. The number of carbonyl (C=O) groups is 3. The first-order chi connectivity index (χ1) is 15.8. The van der Waals surface area contributed by atoms with E-state index in [9.17, 15) is 19.2 Å². The van der Waals surface area contributed by atoms with Crippen LogP contribution < -0.4 is 16.1 Å². The maximum Gasteiger partial charge on any atom is 0.341 e. The maximum atomic E-state index is 12.6. The van der Waals surface area contributed by atoms with Crippen molar-refractivity contribution in [2.45, 2.75) is 13.0 Å². The first kappa shape index (κ1) is 21.8. The van der Waals surface area contributed by atoms with Crippen LogP contribution in [0.25, 0.3) is 21.5 Å². The Morgan fingerprint density at radius 3 is 2.64 bits per heavy atom. The number of carbonyl (C=O) groups excluding carboxylic acids is 2. The van der Waals surface area contributed by atoms with Crippen LogP contribution in [0.5, 0.6) is 0 Å². The number of thiazole rings is 1. The van der Waals surface area contributed by atoms with Crippen LogP contribution in [-0.4, -0.2) is 43.9 Å². The number of aromatic carboxylic acids is 1. The highest BCUT2D eigenvalue weighted by Crippen LogP contribution is 2.23. The van der Waals surface area contributed by atoms with Gasteiger partial charge in [-0.05, 0) is 37.3 Å². The van der Waals surface area contributed by atoms with E-state index >= 15 is 0 Å². The normalized spacial score (nSPS) is 11.7. The maximum absolute atomic E-state index is 12.6. The molecule has 0 radical (unpaired) electrons. The summed E-state index contributed by atoms with van der Waals surface area (Å²) in [5.74, 6) is -2.37. The van der Waals surface area contributed by atoms with Crippen molar-refractivity contribution in [1.29, 1.82) is 0 Å². The van der Waals surface area contributed by atoms with Crippen LogP contribution in [-0.2, 0) is 4.79 Å². The average Bonchev–Trinajstić information content (AvgIpc) is 3.30. The number of fused-ring (bicyclic) bond motifs is 1. The van der Waals surface area contributed by atoms with Crippen molar-refractivity contribution in [3.8, 4) is 10.6 Å². The number of nitrogens with one attached hydrogen (secondary N) is 3. The number of H-pyrrole nitrogens is 1. The monoisotopic (exact) mass is 463 g/mol. The first-order valence-corrected chi connectivity index (χ1v) is 10.6. The van der Waals surface area contributed by atoms with Crippen molar-refractivity contribution in [1.82, 2.24) is 20.3 Å². The fraction of sp³-hybridized carbons (Fsp3) is 0.0909. The quantitative estimate of drug-likeness (QED) is 0.342. The summed E-state index contributed by atoms with van der Waals surface area (Å²) in [6.07, 6.45) is 4.39. The molecule has 10 nitrogen and oxygen atoms in total. The number of hydrogen-bond acceptors (Lipinski definition) is 7. The van der Waals surface area contributed by atoms with E-state index in [1.54, 1.807) is 42.0 Å². The molecule has 0 aliphatic heterocycles. The molecule has 3 aromatic heterocycles. The van der Waals surface area contributed by atoms with Crippen LogP contribution in [0.2, 0.25) is 0 Å². The lowest BCUT2D eigenvalue weighted by Crippen LogP contribution is -2.41. The van der Waals surface area contributed by atoms with Crippen LogP contribution >= 0.6 is 11.3 Å². The van der Waals surface area contributed by atoms with Gasteiger partial charge in [-0.1, -0.05) is 0 Å². The number of aromatic nitrogens is 3. The molecule has 4 N–H and O–H groups in total. The van der Waals surface area contributed by atoms with E-state index in [1.807, 2.05) is 0 Å². The summed E-state index contributed by atoms with van der Waals surface area (Å²) in [6.45, 7) is 1.51. The van der Waals surface area contributed by atoms with Crippen molar-refractivity contribution in [2.75, 3.05) is 5.32 Å². The predicted octanol–water partition coefficient (Wildman–Crippen LogP) is 2.50. The summed E-state index contributed by atoms with van der Waals surface area (Å²) in [4.78, 5) is 59.6. The Kier molecular flexibility index (Phi) is 5.96. The smallest absolute Gasteiger partial charge is 0.341 e. The highest BCUT2D eigenvalue weighted by Gasteiger charge is 2.20. The molecule has 3 heterocycles. The Morgan fingerprint density at radius 2 is 1.91 bits per heavy atom. The van der Waals surface area contributed by atoms with Crippen molar-refractivity contribution in [2.24, 2.45) is 0 Å². The number of rotatable bonds is 6. The number of carboxylic acids is 1. The molecule has 0 aliphatic carbocycles. The number of amides is 2. The molecule has 4 aromatic rings. The lowest BCUT2D eigenvalue weighted by Gasteiger charge is -2.14. The molecule has 0 bridgehead atoms. The number of hydrogen-bond donors (Lipinski definition) is 4. The molecular formula is C22H17N5O5S. The topological polar surface area (TPSA) is 154 Å². The van der Waals surface area contributed by atoms with E-state index in [0.29, 0.717) is 10.5 Å². The standard InChI is InChI=1S/C22H17N5O5S/c1-11(25-20(30)17-10-33-21(27-17)12-4-6-23-7-5-12)19(29)26-13-2-3-16-14(8-13)18(28)15(9-24-16)22(31)32/h2-11H,1H3,(H,24,28)(H,25,30)(H,26,29)(H,31,32)/t11-/m0/s1. The molecule has 2 amide bonds. The van der Waals surface area contributed by atoms with Gasteiger partial charge >= 0.3 is 5.97 Å². The van der Waals surface area contributed by atoms with Crippen LogP contribution in [0, 0.1) is 0 Å². The van der Waals surface area contributed by atoms with E-state index in [2.05, 4.69) is 25.6 Å². The Balaban J connectivity index is 1.45. The Bertz CT molecular complexity index is 1430. The van der Waals surface area contributed by atoms with Gasteiger partial charge in [0.15, 0.2) is 0 Å². The Labute approximate surface area is 190 Å². The van der Waals surface area contributed by atoms with E-state index in [0.717, 1.165) is 11.8 Å². The molecule has 11 heteroatoms. The zero-order valence-corrected chi connectivity index (χ0v) is 18.0. The largest absolute Gasteiger partial charge is 0.477 e. The van der Waals surface area contributed by atoms with Gasteiger partial charge in [0.1, 0.15) is 22.3 Å². The van der Waals surface area contributed by atoms with Gasteiger partial charge in [0.25, 0.3) is 5.91 Å². The third-order valence-electron chi connectivity index (χ3n) is 4.78. The van der Waals surface area contributed by atoms with Crippen LogP contribution in [0.15, 0.2) is 59.1 Å². The molecule has 1 aromatic carbocycles. The van der Waals surface area contributed by atoms with E-state index in [4.69, 9.17) is 5.11 Å². The highest BCUT2D eigenvalue weighted by atomic mass is 32.1. The second-order valence-corrected chi connectivity index (χ2v) is 7.91. The molecule has 33 heavy (non-hydrogen) atoms. The second-order valence-electron chi connectivity index (χ2n) is 7.06. The summed E-state index contributed by atoms with van der Waals surface area (Å²) < 4.78 is 0. The lowest BCUT2D eigenvalue weighted by atomic mass is 10.1. The van der Waals surface area contributed by atoms with Crippen LogP contribution in [0.4, 0.5) is 5.69 Å². The van der Waals surface area contributed by atoms with Gasteiger partial charge in [-0.25, -0.2) is 9.78 Å².